The molecule has 0 aliphatic rings. The molecular weight excluding hydrogens is 409 g/mol. The van der Waals surface area contributed by atoms with E-state index in [-0.39, 0.29) is 11.7 Å². The lowest BCUT2D eigenvalue weighted by atomic mass is 10.2. The average Bonchev–Trinajstić information content (AvgIpc) is 3.42. The van der Waals surface area contributed by atoms with Crippen molar-refractivity contribution in [3.63, 3.8) is 0 Å². The highest BCUT2D eigenvalue weighted by atomic mass is 32.1. The Kier molecular flexibility index (Phi) is 4.33. The molecule has 0 aliphatic heterocycles. The van der Waals surface area contributed by atoms with Crippen molar-refractivity contribution in [1.82, 2.24) is 23.4 Å². The number of benzene rings is 2. The zero-order valence-corrected chi connectivity index (χ0v) is 16.9. The first-order valence-electron chi connectivity index (χ1n) is 8.82. The van der Waals surface area contributed by atoms with Crippen molar-refractivity contribution >= 4 is 45.0 Å². The van der Waals surface area contributed by atoms with Crippen LogP contribution in [-0.4, -0.2) is 24.0 Å². The number of imidazole rings is 1. The van der Waals surface area contributed by atoms with Crippen molar-refractivity contribution in [1.29, 1.82) is 0 Å². The Bertz CT molecular complexity index is 1350. The summed E-state index contributed by atoms with van der Waals surface area (Å²) in [5, 5.41) is 2.96. The Morgan fingerprint density at radius 2 is 1.93 bits per heavy atom. The summed E-state index contributed by atoms with van der Waals surface area (Å²) in [4.78, 5) is 19.0. The molecule has 5 rings (SSSR count). The largest absolute Gasteiger partial charge is 0.347 e. The Labute approximate surface area is 173 Å². The van der Waals surface area contributed by atoms with E-state index in [0.29, 0.717) is 12.1 Å². The number of carbonyl (C=O) groups excluding carboxylic acids is 1. The molecule has 3 heterocycles. The molecule has 144 valence electrons. The van der Waals surface area contributed by atoms with E-state index in [2.05, 4.69) is 19.0 Å². The standard InChI is InChI=1S/C20H14FN5OS2/c1-11-18(9-22-19(27)13-4-7-15-16(8-13)25-29-24-15)28-20-23-17(10-26(11)20)12-2-5-14(21)6-3-12/h2-8,10H,9H2,1H3,(H,22,27). The Morgan fingerprint density at radius 1 is 1.14 bits per heavy atom. The normalized spacial score (nSPS) is 11.4. The van der Waals surface area contributed by atoms with Gasteiger partial charge in [0.1, 0.15) is 16.9 Å². The fraction of sp³-hybridized carbons (Fsp3) is 0.100. The van der Waals surface area contributed by atoms with Gasteiger partial charge in [-0.25, -0.2) is 9.37 Å². The number of halogens is 1. The van der Waals surface area contributed by atoms with E-state index in [1.54, 1.807) is 30.3 Å². The lowest BCUT2D eigenvalue weighted by Crippen LogP contribution is -2.22. The number of nitrogens with one attached hydrogen (secondary N) is 1. The van der Waals surface area contributed by atoms with Crippen molar-refractivity contribution in [3.05, 3.63) is 70.6 Å². The van der Waals surface area contributed by atoms with Crippen LogP contribution in [0, 0.1) is 12.7 Å². The summed E-state index contributed by atoms with van der Waals surface area (Å²) in [6, 6.07) is 11.6. The predicted octanol–water partition coefficient (Wildman–Crippen LogP) is 4.45. The van der Waals surface area contributed by atoms with Gasteiger partial charge in [-0.3, -0.25) is 9.20 Å². The van der Waals surface area contributed by atoms with Crippen LogP contribution in [0.15, 0.2) is 48.7 Å². The summed E-state index contributed by atoms with van der Waals surface area (Å²) >= 11 is 2.66. The van der Waals surface area contributed by atoms with Crippen molar-refractivity contribution in [2.45, 2.75) is 13.5 Å². The van der Waals surface area contributed by atoms with Crippen LogP contribution in [0.1, 0.15) is 20.9 Å². The van der Waals surface area contributed by atoms with Gasteiger partial charge in [-0.1, -0.05) is 11.3 Å². The number of thiazole rings is 1. The molecule has 0 atom stereocenters. The molecule has 0 spiro atoms. The third-order valence-corrected chi connectivity index (χ3v) is 6.43. The van der Waals surface area contributed by atoms with Crippen LogP contribution in [0.2, 0.25) is 0 Å². The third-order valence-electron chi connectivity index (χ3n) is 4.72. The van der Waals surface area contributed by atoms with Crippen molar-refractivity contribution < 1.29 is 9.18 Å². The fourth-order valence-corrected chi connectivity index (χ4v) is 4.66. The number of hydrogen-bond acceptors (Lipinski definition) is 6. The second kappa shape index (κ2) is 7.02. The number of aromatic nitrogens is 4. The molecule has 29 heavy (non-hydrogen) atoms. The topological polar surface area (TPSA) is 72.2 Å². The summed E-state index contributed by atoms with van der Waals surface area (Å²) in [6.45, 7) is 2.41. The van der Waals surface area contributed by atoms with Gasteiger partial charge in [0.2, 0.25) is 0 Å². The third kappa shape index (κ3) is 3.28. The number of nitrogens with zero attached hydrogens (tertiary/aromatic N) is 4. The molecule has 0 bridgehead atoms. The van der Waals surface area contributed by atoms with E-state index in [1.807, 2.05) is 17.5 Å². The highest BCUT2D eigenvalue weighted by Crippen LogP contribution is 2.27. The number of amides is 1. The van der Waals surface area contributed by atoms with E-state index in [4.69, 9.17) is 0 Å². The lowest BCUT2D eigenvalue weighted by Gasteiger charge is -2.04. The van der Waals surface area contributed by atoms with E-state index >= 15 is 0 Å². The van der Waals surface area contributed by atoms with E-state index in [1.165, 1.54) is 23.5 Å². The second-order valence-corrected chi connectivity index (χ2v) is 8.14. The van der Waals surface area contributed by atoms with Gasteiger partial charge >= 0.3 is 0 Å². The van der Waals surface area contributed by atoms with Gasteiger partial charge in [0.05, 0.1) is 24.0 Å². The van der Waals surface area contributed by atoms with Gasteiger partial charge in [-0.2, -0.15) is 8.75 Å². The number of fused-ring (bicyclic) bond motifs is 2. The minimum atomic E-state index is -0.269. The van der Waals surface area contributed by atoms with Crippen LogP contribution in [0.25, 0.3) is 27.3 Å². The highest BCUT2D eigenvalue weighted by Gasteiger charge is 2.14. The van der Waals surface area contributed by atoms with Gasteiger partial charge < -0.3 is 5.32 Å². The molecule has 5 aromatic rings. The lowest BCUT2D eigenvalue weighted by molar-refractivity contribution is 0.0951. The molecule has 0 radical (unpaired) electrons. The number of aryl methyl sites for hydroxylation is 1. The average molecular weight is 423 g/mol. The maximum atomic E-state index is 13.1. The van der Waals surface area contributed by atoms with E-state index in [9.17, 15) is 9.18 Å². The zero-order valence-electron chi connectivity index (χ0n) is 15.2. The van der Waals surface area contributed by atoms with Gasteiger partial charge in [-0.05, 0) is 49.4 Å². The number of rotatable bonds is 4. The first-order valence-corrected chi connectivity index (χ1v) is 10.4. The van der Waals surface area contributed by atoms with Crippen LogP contribution in [-0.2, 0) is 6.54 Å². The van der Waals surface area contributed by atoms with Crippen molar-refractivity contribution in [3.8, 4) is 11.3 Å². The van der Waals surface area contributed by atoms with Gasteiger partial charge in [0.15, 0.2) is 4.96 Å². The molecule has 1 N–H and O–H groups in total. The van der Waals surface area contributed by atoms with Crippen LogP contribution < -0.4 is 5.32 Å². The summed E-state index contributed by atoms with van der Waals surface area (Å²) in [7, 11) is 0. The maximum Gasteiger partial charge on any atom is 0.251 e. The molecule has 9 heteroatoms. The van der Waals surface area contributed by atoms with Gasteiger partial charge in [0.25, 0.3) is 5.91 Å². The van der Waals surface area contributed by atoms with Crippen LogP contribution in [0.5, 0.6) is 0 Å². The SMILES string of the molecule is Cc1c(CNC(=O)c2ccc3nsnc3c2)sc2nc(-c3ccc(F)cc3)cn12. The number of hydrogen-bond donors (Lipinski definition) is 1. The molecule has 0 saturated heterocycles. The van der Waals surface area contributed by atoms with Gasteiger partial charge in [0, 0.05) is 27.9 Å². The molecule has 0 aliphatic carbocycles. The first kappa shape index (κ1) is 17.9. The first-order chi connectivity index (χ1) is 14.1. The monoisotopic (exact) mass is 423 g/mol. The van der Waals surface area contributed by atoms with Crippen LogP contribution in [0.4, 0.5) is 4.39 Å². The van der Waals surface area contributed by atoms with E-state index in [0.717, 1.165) is 49.6 Å². The molecule has 0 saturated carbocycles. The molecule has 0 unspecified atom stereocenters. The molecule has 0 fully saturated rings. The van der Waals surface area contributed by atoms with Gasteiger partial charge in [-0.15, -0.1) is 0 Å². The van der Waals surface area contributed by atoms with E-state index < -0.39 is 0 Å². The smallest absolute Gasteiger partial charge is 0.251 e. The molecule has 2 aromatic carbocycles. The molecular formula is C20H14FN5OS2. The summed E-state index contributed by atoms with van der Waals surface area (Å²) in [6.07, 6.45) is 1.93. The number of carbonyl (C=O) groups is 1. The predicted molar refractivity (Wildman–Crippen MR) is 112 cm³/mol. The minimum absolute atomic E-state index is 0.155. The van der Waals surface area contributed by atoms with Crippen LogP contribution in [0.3, 0.4) is 0 Å². The molecule has 3 aromatic heterocycles. The second-order valence-electron chi connectivity index (χ2n) is 6.55. The summed E-state index contributed by atoms with van der Waals surface area (Å²) in [5.41, 5.74) is 4.75. The van der Waals surface area contributed by atoms with Crippen molar-refractivity contribution in [2.75, 3.05) is 0 Å². The minimum Gasteiger partial charge on any atom is -0.347 e. The molecule has 1 amide bonds. The quantitative estimate of drug-likeness (QED) is 0.464. The maximum absolute atomic E-state index is 13.1. The van der Waals surface area contributed by atoms with Crippen molar-refractivity contribution in [2.24, 2.45) is 0 Å². The Balaban J connectivity index is 1.35. The summed E-state index contributed by atoms with van der Waals surface area (Å²) < 4.78 is 23.5. The van der Waals surface area contributed by atoms with Crippen LogP contribution >= 0.6 is 23.1 Å². The Morgan fingerprint density at radius 3 is 2.72 bits per heavy atom. The fourth-order valence-electron chi connectivity index (χ4n) is 3.10. The molecule has 6 nitrogen and oxygen atoms in total. The highest BCUT2D eigenvalue weighted by molar-refractivity contribution is 7.17. The zero-order chi connectivity index (χ0) is 20.0. The summed E-state index contributed by atoms with van der Waals surface area (Å²) in [5.74, 6) is -0.425. The Hall–Kier alpha value is -3.17.